The van der Waals surface area contributed by atoms with Crippen molar-refractivity contribution in [3.05, 3.63) is 48.5 Å². The Morgan fingerprint density at radius 1 is 1.11 bits per heavy atom. The smallest absolute Gasteiger partial charge is 0.387 e. The monoisotopic (exact) mass is 251 g/mol. The number of nitrogens with zero attached hydrogens (tertiary/aromatic N) is 2. The number of rotatable bonds is 5. The molecule has 4 nitrogen and oxygen atoms in total. The van der Waals surface area contributed by atoms with E-state index in [4.69, 9.17) is 0 Å². The van der Waals surface area contributed by atoms with Crippen LogP contribution in [0.3, 0.4) is 0 Å². The van der Waals surface area contributed by atoms with E-state index < -0.39 is 6.61 Å². The van der Waals surface area contributed by atoms with Crippen molar-refractivity contribution in [2.75, 3.05) is 5.32 Å². The van der Waals surface area contributed by atoms with Crippen molar-refractivity contribution in [2.45, 2.75) is 13.2 Å². The number of alkyl halides is 2. The lowest BCUT2D eigenvalue weighted by Gasteiger charge is -2.07. The maximum atomic E-state index is 11.9. The van der Waals surface area contributed by atoms with Gasteiger partial charge in [-0.2, -0.15) is 8.78 Å². The highest BCUT2D eigenvalue weighted by molar-refractivity contribution is 5.38. The van der Waals surface area contributed by atoms with Gasteiger partial charge in [0.1, 0.15) is 12.1 Å². The summed E-state index contributed by atoms with van der Waals surface area (Å²) >= 11 is 0. The standard InChI is InChI=1S/C12H11F2N3O/c13-12(14)18-11-3-1-9(2-4-11)5-17-10-6-15-8-16-7-10/h1-4,6-8,12,17H,5H2. The van der Waals surface area contributed by atoms with Crippen molar-refractivity contribution in [1.29, 1.82) is 0 Å². The van der Waals surface area contributed by atoms with Gasteiger partial charge in [-0.3, -0.25) is 0 Å². The topological polar surface area (TPSA) is 47.0 Å². The van der Waals surface area contributed by atoms with Crippen molar-refractivity contribution >= 4 is 5.69 Å². The van der Waals surface area contributed by atoms with Crippen LogP contribution >= 0.6 is 0 Å². The molecule has 0 bridgehead atoms. The Morgan fingerprint density at radius 3 is 2.39 bits per heavy atom. The molecule has 0 saturated heterocycles. The minimum atomic E-state index is -2.80. The Morgan fingerprint density at radius 2 is 1.78 bits per heavy atom. The van der Waals surface area contributed by atoms with Crippen LogP contribution in [0.5, 0.6) is 5.75 Å². The van der Waals surface area contributed by atoms with Gasteiger partial charge in [-0.15, -0.1) is 0 Å². The zero-order valence-corrected chi connectivity index (χ0v) is 9.38. The lowest BCUT2D eigenvalue weighted by Crippen LogP contribution is -2.03. The molecule has 0 aliphatic heterocycles. The molecule has 0 saturated carbocycles. The molecule has 1 aromatic carbocycles. The number of ether oxygens (including phenoxy) is 1. The lowest BCUT2D eigenvalue weighted by molar-refractivity contribution is -0.0498. The van der Waals surface area contributed by atoms with Gasteiger partial charge in [-0.1, -0.05) is 12.1 Å². The molecule has 6 heteroatoms. The van der Waals surface area contributed by atoms with Crippen molar-refractivity contribution in [3.8, 4) is 5.75 Å². The predicted octanol–water partition coefficient (Wildman–Crippen LogP) is 2.69. The molecule has 1 N–H and O–H groups in total. The number of halogens is 2. The van der Waals surface area contributed by atoms with Crippen LogP contribution in [0, 0.1) is 0 Å². The van der Waals surface area contributed by atoms with Crippen LogP contribution in [0.25, 0.3) is 0 Å². The average Bonchev–Trinajstić information content (AvgIpc) is 2.38. The first-order chi connectivity index (χ1) is 8.74. The van der Waals surface area contributed by atoms with Gasteiger partial charge in [0.15, 0.2) is 0 Å². The maximum Gasteiger partial charge on any atom is 0.387 e. The summed E-state index contributed by atoms with van der Waals surface area (Å²) in [6, 6.07) is 6.44. The van der Waals surface area contributed by atoms with Crippen LogP contribution in [0.2, 0.25) is 0 Å². The van der Waals surface area contributed by atoms with E-state index in [2.05, 4.69) is 20.0 Å². The highest BCUT2D eigenvalue weighted by Crippen LogP contribution is 2.15. The number of aromatic nitrogens is 2. The summed E-state index contributed by atoms with van der Waals surface area (Å²) in [6.07, 6.45) is 4.75. The third-order valence-corrected chi connectivity index (χ3v) is 2.21. The third kappa shape index (κ3) is 3.65. The molecule has 1 heterocycles. The van der Waals surface area contributed by atoms with E-state index in [9.17, 15) is 8.78 Å². The second-order valence-corrected chi connectivity index (χ2v) is 3.50. The summed E-state index contributed by atoms with van der Waals surface area (Å²) in [5, 5.41) is 3.11. The largest absolute Gasteiger partial charge is 0.435 e. The van der Waals surface area contributed by atoms with Crippen molar-refractivity contribution in [3.63, 3.8) is 0 Å². The lowest BCUT2D eigenvalue weighted by atomic mass is 10.2. The normalized spacial score (nSPS) is 10.4. The Kier molecular flexibility index (Phi) is 4.01. The number of hydrogen-bond acceptors (Lipinski definition) is 4. The molecule has 2 rings (SSSR count). The Labute approximate surface area is 103 Å². The van der Waals surface area contributed by atoms with E-state index in [0.717, 1.165) is 11.3 Å². The Hall–Kier alpha value is -2.24. The summed E-state index contributed by atoms with van der Waals surface area (Å²) in [7, 11) is 0. The fourth-order valence-electron chi connectivity index (χ4n) is 1.38. The molecule has 0 spiro atoms. The Bertz CT molecular complexity index is 476. The van der Waals surface area contributed by atoms with Gasteiger partial charge >= 0.3 is 6.61 Å². The maximum absolute atomic E-state index is 11.9. The molecule has 2 aromatic rings. The van der Waals surface area contributed by atoms with E-state index in [-0.39, 0.29) is 5.75 Å². The second-order valence-electron chi connectivity index (χ2n) is 3.50. The molecular formula is C12H11F2N3O. The van der Waals surface area contributed by atoms with Gasteiger partial charge in [-0.05, 0) is 17.7 Å². The quantitative estimate of drug-likeness (QED) is 0.887. The van der Waals surface area contributed by atoms with Crippen LogP contribution in [0.1, 0.15) is 5.56 Å². The number of hydrogen-bond donors (Lipinski definition) is 1. The van der Waals surface area contributed by atoms with Crippen LogP contribution < -0.4 is 10.1 Å². The van der Waals surface area contributed by atoms with Gasteiger partial charge in [0, 0.05) is 6.54 Å². The number of anilines is 1. The summed E-state index contributed by atoms with van der Waals surface area (Å²) < 4.78 is 28.1. The number of benzene rings is 1. The zero-order chi connectivity index (χ0) is 12.8. The fraction of sp³-hybridized carbons (Fsp3) is 0.167. The molecule has 0 aliphatic rings. The van der Waals surface area contributed by atoms with Crippen molar-refractivity contribution in [1.82, 2.24) is 9.97 Å². The summed E-state index contributed by atoms with van der Waals surface area (Å²) in [5.74, 6) is 0.150. The second kappa shape index (κ2) is 5.90. The van der Waals surface area contributed by atoms with E-state index in [1.807, 2.05) is 0 Å². The van der Waals surface area contributed by atoms with Gasteiger partial charge < -0.3 is 10.1 Å². The van der Waals surface area contributed by atoms with Gasteiger partial charge in [0.25, 0.3) is 0 Å². The SMILES string of the molecule is FC(F)Oc1ccc(CNc2cncnc2)cc1. The third-order valence-electron chi connectivity index (χ3n) is 2.21. The van der Waals surface area contributed by atoms with Gasteiger partial charge in [0.05, 0.1) is 18.1 Å². The molecule has 0 radical (unpaired) electrons. The van der Waals surface area contributed by atoms with Crippen LogP contribution in [0.4, 0.5) is 14.5 Å². The van der Waals surface area contributed by atoms with E-state index >= 15 is 0 Å². The van der Waals surface area contributed by atoms with E-state index in [1.165, 1.54) is 18.5 Å². The van der Waals surface area contributed by atoms with Crippen molar-refractivity contribution < 1.29 is 13.5 Å². The molecule has 0 fully saturated rings. The minimum Gasteiger partial charge on any atom is -0.435 e. The molecule has 0 amide bonds. The molecule has 0 unspecified atom stereocenters. The highest BCUT2D eigenvalue weighted by Gasteiger charge is 2.03. The minimum absolute atomic E-state index is 0.150. The highest BCUT2D eigenvalue weighted by atomic mass is 19.3. The van der Waals surface area contributed by atoms with Crippen LogP contribution in [-0.2, 0) is 6.54 Å². The average molecular weight is 251 g/mol. The summed E-state index contributed by atoms with van der Waals surface area (Å²) in [6.45, 7) is -2.24. The van der Waals surface area contributed by atoms with E-state index in [1.54, 1.807) is 24.5 Å². The van der Waals surface area contributed by atoms with Gasteiger partial charge in [0.2, 0.25) is 0 Å². The Balaban J connectivity index is 1.90. The first-order valence-corrected chi connectivity index (χ1v) is 5.26. The zero-order valence-electron chi connectivity index (χ0n) is 9.38. The first kappa shape index (κ1) is 12.2. The van der Waals surface area contributed by atoms with Crippen molar-refractivity contribution in [2.24, 2.45) is 0 Å². The molecule has 94 valence electrons. The summed E-state index contributed by atoms with van der Waals surface area (Å²) in [4.78, 5) is 7.73. The fourth-order valence-corrected chi connectivity index (χ4v) is 1.38. The predicted molar refractivity (Wildman–Crippen MR) is 62.4 cm³/mol. The molecule has 18 heavy (non-hydrogen) atoms. The molecule has 1 aromatic heterocycles. The molecule has 0 aliphatic carbocycles. The summed E-state index contributed by atoms with van der Waals surface area (Å²) in [5.41, 5.74) is 1.74. The van der Waals surface area contributed by atoms with Gasteiger partial charge in [-0.25, -0.2) is 9.97 Å². The first-order valence-electron chi connectivity index (χ1n) is 5.26. The molecule has 0 atom stereocenters. The van der Waals surface area contributed by atoms with E-state index in [0.29, 0.717) is 6.54 Å². The number of nitrogens with one attached hydrogen (secondary N) is 1. The van der Waals surface area contributed by atoms with Crippen LogP contribution in [-0.4, -0.2) is 16.6 Å². The van der Waals surface area contributed by atoms with Crippen LogP contribution in [0.15, 0.2) is 43.0 Å². The molecular weight excluding hydrogens is 240 g/mol.